The van der Waals surface area contributed by atoms with E-state index in [1.165, 1.54) is 7.11 Å². The first-order valence-electron chi connectivity index (χ1n) is 14.8. The first kappa shape index (κ1) is 28.9. The number of nitrogens with one attached hydrogen (secondary N) is 3. The second-order valence-electron chi connectivity index (χ2n) is 11.3. The molecule has 10 nitrogen and oxygen atoms in total. The number of rotatable bonds is 8. The maximum atomic E-state index is 13.5. The molecule has 0 radical (unpaired) electrons. The standard InChI is InChI=1S/C34H35N7O3/c1-21(2)30(40-34(43)44-3)33(42)41-17-7-10-29(41)32-35-19-28(39-32)23-13-11-22(12-14-23)24-15-16-27-26(18-24)31(37-20-36-27)38-25-8-5-4-6-9-25/h4-6,8-9,11-16,18-21,29-30H,7,10,17H2,1-3H3,(H,35,39)(H,40,43)(H,36,37,38)/t29-,30-/m0/s1. The summed E-state index contributed by atoms with van der Waals surface area (Å²) < 4.78 is 4.74. The minimum absolute atomic E-state index is 0.0876. The van der Waals surface area contributed by atoms with Gasteiger partial charge in [0.15, 0.2) is 0 Å². The number of hydrogen-bond donors (Lipinski definition) is 3. The molecule has 0 bridgehead atoms. The molecule has 1 aliphatic rings. The molecular formula is C34H35N7O3. The molecule has 3 N–H and O–H groups in total. The fourth-order valence-corrected chi connectivity index (χ4v) is 5.68. The Morgan fingerprint density at radius 1 is 0.955 bits per heavy atom. The van der Waals surface area contributed by atoms with E-state index in [1.807, 2.05) is 61.3 Å². The molecule has 44 heavy (non-hydrogen) atoms. The summed E-state index contributed by atoms with van der Waals surface area (Å²) in [4.78, 5) is 44.2. The lowest BCUT2D eigenvalue weighted by Gasteiger charge is -2.30. The Labute approximate surface area is 255 Å². The van der Waals surface area contributed by atoms with Crippen molar-refractivity contribution in [3.8, 4) is 22.4 Å². The molecule has 5 aromatic rings. The quantitative estimate of drug-likeness (QED) is 0.189. The first-order chi connectivity index (χ1) is 21.4. The number of nitrogens with zero attached hydrogens (tertiary/aromatic N) is 4. The largest absolute Gasteiger partial charge is 0.453 e. The molecular weight excluding hydrogens is 554 g/mol. The highest BCUT2D eigenvalue weighted by Gasteiger charge is 2.37. The molecule has 0 saturated carbocycles. The van der Waals surface area contributed by atoms with E-state index < -0.39 is 12.1 Å². The average molecular weight is 590 g/mol. The van der Waals surface area contributed by atoms with Crippen LogP contribution in [0.4, 0.5) is 16.3 Å². The number of amides is 2. The fourth-order valence-electron chi connectivity index (χ4n) is 5.68. The van der Waals surface area contributed by atoms with Crippen molar-refractivity contribution in [2.24, 2.45) is 5.92 Å². The molecule has 1 aliphatic heterocycles. The van der Waals surface area contributed by atoms with Gasteiger partial charge in [-0.15, -0.1) is 0 Å². The molecule has 0 aliphatic carbocycles. The van der Waals surface area contributed by atoms with Gasteiger partial charge in [-0.2, -0.15) is 0 Å². The number of carbonyl (C=O) groups excluding carboxylic acids is 2. The Morgan fingerprint density at radius 3 is 2.45 bits per heavy atom. The van der Waals surface area contributed by atoms with Crippen molar-refractivity contribution >= 4 is 34.4 Å². The summed E-state index contributed by atoms with van der Waals surface area (Å²) in [5.74, 6) is 1.28. The van der Waals surface area contributed by atoms with Gasteiger partial charge in [-0.1, -0.05) is 62.4 Å². The van der Waals surface area contributed by atoms with Crippen LogP contribution in [0.25, 0.3) is 33.3 Å². The maximum Gasteiger partial charge on any atom is 0.407 e. The number of anilines is 2. The Morgan fingerprint density at radius 2 is 1.70 bits per heavy atom. The minimum Gasteiger partial charge on any atom is -0.453 e. The van der Waals surface area contributed by atoms with E-state index in [0.29, 0.717) is 6.54 Å². The van der Waals surface area contributed by atoms with Crippen LogP contribution in [0.3, 0.4) is 0 Å². The molecule has 0 unspecified atom stereocenters. The molecule has 3 heterocycles. The molecule has 6 rings (SSSR count). The third kappa shape index (κ3) is 5.96. The summed E-state index contributed by atoms with van der Waals surface area (Å²) in [5.41, 5.74) is 5.82. The van der Waals surface area contributed by atoms with E-state index in [0.717, 1.165) is 63.5 Å². The number of carbonyl (C=O) groups is 2. The lowest BCUT2D eigenvalue weighted by atomic mass is 10.0. The molecule has 0 spiro atoms. The van der Waals surface area contributed by atoms with Crippen molar-refractivity contribution < 1.29 is 14.3 Å². The molecule has 3 aromatic carbocycles. The molecule has 224 valence electrons. The molecule has 1 saturated heterocycles. The van der Waals surface area contributed by atoms with Crippen LogP contribution in [0.15, 0.2) is 85.3 Å². The molecule has 2 amide bonds. The zero-order valence-electron chi connectivity index (χ0n) is 24.9. The minimum atomic E-state index is -0.670. The van der Waals surface area contributed by atoms with E-state index in [-0.39, 0.29) is 17.9 Å². The Hall–Kier alpha value is -5.25. The van der Waals surface area contributed by atoms with Crippen LogP contribution in [0, 0.1) is 5.92 Å². The van der Waals surface area contributed by atoms with Crippen LogP contribution in [-0.2, 0) is 9.53 Å². The number of methoxy groups -OCH3 is 1. The van der Waals surface area contributed by atoms with Crippen LogP contribution in [-0.4, -0.2) is 56.5 Å². The van der Waals surface area contributed by atoms with Crippen LogP contribution >= 0.6 is 0 Å². The van der Waals surface area contributed by atoms with Gasteiger partial charge < -0.3 is 25.3 Å². The normalized spacial score (nSPS) is 15.4. The zero-order chi connectivity index (χ0) is 30.6. The van der Waals surface area contributed by atoms with E-state index in [4.69, 9.17) is 4.74 Å². The summed E-state index contributed by atoms with van der Waals surface area (Å²) in [7, 11) is 1.30. The Bertz CT molecular complexity index is 1770. The predicted molar refractivity (Wildman–Crippen MR) is 170 cm³/mol. The topological polar surface area (TPSA) is 125 Å². The van der Waals surface area contributed by atoms with Gasteiger partial charge in [0.05, 0.1) is 30.6 Å². The van der Waals surface area contributed by atoms with Crippen molar-refractivity contribution in [3.05, 3.63) is 91.1 Å². The molecule has 2 atom stereocenters. The monoisotopic (exact) mass is 589 g/mol. The number of aromatic amines is 1. The number of fused-ring (bicyclic) bond motifs is 1. The highest BCUT2D eigenvalue weighted by atomic mass is 16.5. The second kappa shape index (κ2) is 12.5. The number of H-pyrrole nitrogens is 1. The fraction of sp³-hybridized carbons (Fsp3) is 0.265. The average Bonchev–Trinajstić information content (AvgIpc) is 3.74. The summed E-state index contributed by atoms with van der Waals surface area (Å²) in [5, 5.41) is 7.04. The van der Waals surface area contributed by atoms with Crippen molar-refractivity contribution in [2.75, 3.05) is 19.0 Å². The first-order valence-corrected chi connectivity index (χ1v) is 14.8. The van der Waals surface area contributed by atoms with Crippen molar-refractivity contribution in [2.45, 2.75) is 38.8 Å². The predicted octanol–water partition coefficient (Wildman–Crippen LogP) is 6.47. The van der Waals surface area contributed by atoms with E-state index >= 15 is 0 Å². The van der Waals surface area contributed by atoms with Crippen LogP contribution in [0.1, 0.15) is 38.6 Å². The summed E-state index contributed by atoms with van der Waals surface area (Å²) in [6, 6.07) is 23.6. The van der Waals surface area contributed by atoms with Gasteiger partial charge in [0.2, 0.25) is 5.91 Å². The number of imidazole rings is 1. The number of benzene rings is 3. The van der Waals surface area contributed by atoms with E-state index in [1.54, 1.807) is 6.33 Å². The number of para-hydroxylation sites is 1. The smallest absolute Gasteiger partial charge is 0.407 e. The van der Waals surface area contributed by atoms with Gasteiger partial charge in [0, 0.05) is 17.6 Å². The number of hydrogen-bond acceptors (Lipinski definition) is 7. The van der Waals surface area contributed by atoms with Gasteiger partial charge in [0.1, 0.15) is 24.0 Å². The van der Waals surface area contributed by atoms with Crippen molar-refractivity contribution in [1.29, 1.82) is 0 Å². The van der Waals surface area contributed by atoms with Crippen molar-refractivity contribution in [3.63, 3.8) is 0 Å². The highest BCUT2D eigenvalue weighted by Crippen LogP contribution is 2.34. The lowest BCUT2D eigenvalue weighted by Crippen LogP contribution is -2.51. The van der Waals surface area contributed by atoms with E-state index in [2.05, 4.69) is 67.0 Å². The number of alkyl carbamates (subject to hydrolysis) is 1. The third-order valence-corrected chi connectivity index (χ3v) is 8.04. The number of ether oxygens (including phenoxy) is 1. The lowest BCUT2D eigenvalue weighted by molar-refractivity contribution is -0.135. The van der Waals surface area contributed by atoms with Gasteiger partial charge in [-0.25, -0.2) is 19.7 Å². The third-order valence-electron chi connectivity index (χ3n) is 8.04. The molecule has 1 fully saturated rings. The zero-order valence-corrected chi connectivity index (χ0v) is 24.9. The van der Waals surface area contributed by atoms with Crippen molar-refractivity contribution in [1.82, 2.24) is 30.2 Å². The maximum absolute atomic E-state index is 13.5. The highest BCUT2D eigenvalue weighted by molar-refractivity contribution is 5.94. The SMILES string of the molecule is COC(=O)N[C@H](C(=O)N1CCC[C@H]1c1ncc(-c2ccc(-c3ccc4ncnc(Nc5ccccc5)c4c3)cc2)[nH]1)C(C)C. The number of aromatic nitrogens is 4. The van der Waals surface area contributed by atoms with Gasteiger partial charge in [-0.3, -0.25) is 4.79 Å². The summed E-state index contributed by atoms with van der Waals surface area (Å²) in [6.45, 7) is 4.43. The van der Waals surface area contributed by atoms with Crippen LogP contribution in [0.5, 0.6) is 0 Å². The Balaban J connectivity index is 1.20. The molecule has 2 aromatic heterocycles. The van der Waals surface area contributed by atoms with Gasteiger partial charge >= 0.3 is 6.09 Å². The Kier molecular flexibility index (Phi) is 8.23. The van der Waals surface area contributed by atoms with Gasteiger partial charge in [-0.05, 0) is 59.7 Å². The van der Waals surface area contributed by atoms with Crippen LogP contribution in [0.2, 0.25) is 0 Å². The summed E-state index contributed by atoms with van der Waals surface area (Å²) >= 11 is 0. The second-order valence-corrected chi connectivity index (χ2v) is 11.3. The van der Waals surface area contributed by atoms with Gasteiger partial charge in [0.25, 0.3) is 0 Å². The summed E-state index contributed by atoms with van der Waals surface area (Å²) in [6.07, 6.45) is 4.44. The van der Waals surface area contributed by atoms with Crippen LogP contribution < -0.4 is 10.6 Å². The number of likely N-dealkylation sites (tertiary alicyclic amines) is 1. The molecule has 10 heteroatoms. The van der Waals surface area contributed by atoms with E-state index in [9.17, 15) is 9.59 Å².